The van der Waals surface area contributed by atoms with Gasteiger partial charge in [0.1, 0.15) is 23.3 Å². The molecule has 0 saturated heterocycles. The van der Waals surface area contributed by atoms with E-state index in [4.69, 9.17) is 11.5 Å². The van der Waals surface area contributed by atoms with Crippen molar-refractivity contribution in [2.75, 3.05) is 11.5 Å². The van der Waals surface area contributed by atoms with E-state index in [1.54, 1.807) is 12.1 Å². The van der Waals surface area contributed by atoms with Crippen molar-refractivity contribution in [2.45, 2.75) is 12.8 Å². The molecule has 0 saturated carbocycles. The molecular weight excluding hydrogens is 344 g/mol. The third-order valence-corrected chi connectivity index (χ3v) is 4.27. The van der Waals surface area contributed by atoms with Crippen molar-refractivity contribution in [1.82, 2.24) is 0 Å². The lowest BCUT2D eigenvalue weighted by molar-refractivity contribution is 0.572. The van der Waals surface area contributed by atoms with Gasteiger partial charge in [-0.05, 0) is 46.5 Å². The predicted octanol–water partition coefficient (Wildman–Crippen LogP) is 4.59. The molecule has 0 aliphatic heterocycles. The first kappa shape index (κ1) is 17.8. The van der Waals surface area contributed by atoms with E-state index in [0.29, 0.717) is 22.5 Å². The van der Waals surface area contributed by atoms with Crippen molar-refractivity contribution in [1.29, 1.82) is 0 Å². The molecular formula is C20H16F4N2. The summed E-state index contributed by atoms with van der Waals surface area (Å²) in [4.78, 5) is 0. The van der Waals surface area contributed by atoms with Gasteiger partial charge in [0.2, 0.25) is 0 Å². The van der Waals surface area contributed by atoms with E-state index in [1.807, 2.05) is 0 Å². The molecule has 0 aromatic heterocycles. The standard InChI is InChI=1S/C20H16F4N2/c21-13-3-1-11(17(23)9-13)7-15-16(20(26)6-5-19(15)25)8-12-2-4-14(22)10-18(12)24/h1-6,9-10H,7-8,25-26H2. The summed E-state index contributed by atoms with van der Waals surface area (Å²) < 4.78 is 54.3. The van der Waals surface area contributed by atoms with Gasteiger partial charge in [-0.25, -0.2) is 17.6 Å². The van der Waals surface area contributed by atoms with Crippen LogP contribution in [0.5, 0.6) is 0 Å². The fourth-order valence-corrected chi connectivity index (χ4v) is 2.86. The van der Waals surface area contributed by atoms with Crippen LogP contribution >= 0.6 is 0 Å². The maximum Gasteiger partial charge on any atom is 0.129 e. The van der Waals surface area contributed by atoms with Gasteiger partial charge in [0.25, 0.3) is 0 Å². The van der Waals surface area contributed by atoms with E-state index in [1.165, 1.54) is 12.1 Å². The lowest BCUT2D eigenvalue weighted by Crippen LogP contribution is -2.08. The molecule has 134 valence electrons. The largest absolute Gasteiger partial charge is 0.398 e. The van der Waals surface area contributed by atoms with Crippen LogP contribution < -0.4 is 11.5 Å². The Morgan fingerprint density at radius 2 is 0.962 bits per heavy atom. The van der Waals surface area contributed by atoms with Crippen molar-refractivity contribution in [2.24, 2.45) is 0 Å². The van der Waals surface area contributed by atoms with Gasteiger partial charge in [0.15, 0.2) is 0 Å². The fourth-order valence-electron chi connectivity index (χ4n) is 2.86. The summed E-state index contributed by atoms with van der Waals surface area (Å²) in [6, 6.07) is 9.70. The van der Waals surface area contributed by atoms with Gasteiger partial charge >= 0.3 is 0 Å². The van der Waals surface area contributed by atoms with Crippen LogP contribution in [0, 0.1) is 23.3 Å². The third kappa shape index (κ3) is 3.64. The Balaban J connectivity index is 2.03. The molecule has 0 fully saturated rings. The highest BCUT2D eigenvalue weighted by atomic mass is 19.1. The summed E-state index contributed by atoms with van der Waals surface area (Å²) >= 11 is 0. The van der Waals surface area contributed by atoms with Crippen LogP contribution in [0.4, 0.5) is 28.9 Å². The van der Waals surface area contributed by atoms with Crippen LogP contribution in [0.1, 0.15) is 22.3 Å². The Morgan fingerprint density at radius 1 is 0.577 bits per heavy atom. The zero-order valence-electron chi connectivity index (χ0n) is 13.7. The van der Waals surface area contributed by atoms with Gasteiger partial charge in [0.05, 0.1) is 0 Å². The summed E-state index contributed by atoms with van der Waals surface area (Å²) in [6.45, 7) is 0. The predicted molar refractivity (Wildman–Crippen MR) is 93.6 cm³/mol. The number of benzene rings is 3. The van der Waals surface area contributed by atoms with Gasteiger partial charge in [-0.15, -0.1) is 0 Å². The van der Waals surface area contributed by atoms with E-state index in [0.717, 1.165) is 24.3 Å². The van der Waals surface area contributed by atoms with Crippen LogP contribution in [-0.2, 0) is 12.8 Å². The molecule has 3 rings (SSSR count). The Morgan fingerprint density at radius 3 is 1.31 bits per heavy atom. The van der Waals surface area contributed by atoms with Crippen molar-refractivity contribution in [3.05, 3.63) is 94.1 Å². The van der Waals surface area contributed by atoms with Crippen molar-refractivity contribution < 1.29 is 17.6 Å². The van der Waals surface area contributed by atoms with Crippen molar-refractivity contribution >= 4 is 11.4 Å². The van der Waals surface area contributed by atoms with Crippen LogP contribution in [0.25, 0.3) is 0 Å². The summed E-state index contributed by atoms with van der Waals surface area (Å²) in [6.07, 6.45) is 0.141. The molecule has 0 aliphatic rings. The maximum atomic E-state index is 14.0. The molecule has 0 atom stereocenters. The van der Waals surface area contributed by atoms with Gasteiger partial charge < -0.3 is 11.5 Å². The first-order chi connectivity index (χ1) is 12.3. The maximum absolute atomic E-state index is 14.0. The normalized spacial score (nSPS) is 10.9. The van der Waals surface area contributed by atoms with E-state index >= 15 is 0 Å². The molecule has 6 heteroatoms. The quantitative estimate of drug-likeness (QED) is 0.528. The molecule has 0 bridgehead atoms. The Hall–Kier alpha value is -3.02. The molecule has 26 heavy (non-hydrogen) atoms. The molecule has 3 aromatic carbocycles. The minimum absolute atomic E-state index is 0.0706. The van der Waals surface area contributed by atoms with Crippen LogP contribution in [0.15, 0.2) is 48.5 Å². The molecule has 0 aliphatic carbocycles. The van der Waals surface area contributed by atoms with Crippen LogP contribution in [0.3, 0.4) is 0 Å². The number of rotatable bonds is 4. The number of nitrogen functional groups attached to an aromatic ring is 2. The molecule has 0 amide bonds. The highest BCUT2D eigenvalue weighted by Gasteiger charge is 2.16. The zero-order valence-corrected chi connectivity index (χ0v) is 13.7. The summed E-state index contributed by atoms with van der Waals surface area (Å²) in [5, 5.41) is 0. The number of nitrogens with two attached hydrogens (primary N) is 2. The van der Waals surface area contributed by atoms with Crippen molar-refractivity contribution in [3.63, 3.8) is 0 Å². The number of anilines is 2. The van der Waals surface area contributed by atoms with E-state index in [9.17, 15) is 17.6 Å². The number of hydrogen-bond acceptors (Lipinski definition) is 2. The fraction of sp³-hybridized carbons (Fsp3) is 0.100. The average Bonchev–Trinajstić information content (AvgIpc) is 2.58. The highest BCUT2D eigenvalue weighted by molar-refractivity contribution is 5.64. The lowest BCUT2D eigenvalue weighted by atomic mass is 9.92. The average molecular weight is 360 g/mol. The number of halogens is 4. The zero-order chi connectivity index (χ0) is 18.8. The molecule has 2 nitrogen and oxygen atoms in total. The molecule has 0 unspecified atom stereocenters. The first-order valence-electron chi connectivity index (χ1n) is 7.88. The third-order valence-electron chi connectivity index (χ3n) is 4.27. The topological polar surface area (TPSA) is 52.0 Å². The van der Waals surface area contributed by atoms with E-state index < -0.39 is 23.3 Å². The second-order valence-corrected chi connectivity index (χ2v) is 6.03. The van der Waals surface area contributed by atoms with Gasteiger partial charge in [-0.3, -0.25) is 0 Å². The molecule has 0 radical (unpaired) electrons. The molecule has 0 spiro atoms. The summed E-state index contributed by atoms with van der Waals surface area (Å²) in [5.74, 6) is -2.77. The second-order valence-electron chi connectivity index (χ2n) is 6.03. The highest BCUT2D eigenvalue weighted by Crippen LogP contribution is 2.30. The Bertz CT molecular complexity index is 892. The monoisotopic (exact) mass is 360 g/mol. The van der Waals surface area contributed by atoms with Gasteiger partial charge in [0, 0.05) is 36.3 Å². The second kappa shape index (κ2) is 7.07. The van der Waals surface area contributed by atoms with E-state index in [2.05, 4.69) is 0 Å². The lowest BCUT2D eigenvalue weighted by Gasteiger charge is -2.16. The van der Waals surface area contributed by atoms with Crippen LogP contribution in [-0.4, -0.2) is 0 Å². The SMILES string of the molecule is Nc1ccc(N)c(Cc2ccc(F)cc2F)c1Cc1ccc(F)cc1F. The van der Waals surface area contributed by atoms with Crippen LogP contribution in [0.2, 0.25) is 0 Å². The smallest absolute Gasteiger partial charge is 0.129 e. The molecule has 4 N–H and O–H groups in total. The minimum atomic E-state index is -0.703. The molecule has 3 aromatic rings. The Kier molecular flexibility index (Phi) is 4.84. The molecule has 0 heterocycles. The van der Waals surface area contributed by atoms with E-state index in [-0.39, 0.29) is 24.0 Å². The van der Waals surface area contributed by atoms with Crippen molar-refractivity contribution in [3.8, 4) is 0 Å². The number of hydrogen-bond donors (Lipinski definition) is 2. The first-order valence-corrected chi connectivity index (χ1v) is 7.88. The summed E-state index contributed by atoms with van der Waals surface area (Å²) in [5.41, 5.74) is 14.3. The van der Waals surface area contributed by atoms with Gasteiger partial charge in [-0.1, -0.05) is 12.1 Å². The minimum Gasteiger partial charge on any atom is -0.398 e. The Labute approximate surface area is 148 Å². The summed E-state index contributed by atoms with van der Waals surface area (Å²) in [7, 11) is 0. The van der Waals surface area contributed by atoms with Gasteiger partial charge in [-0.2, -0.15) is 0 Å².